The van der Waals surface area contributed by atoms with E-state index < -0.39 is 5.60 Å². The number of hydrogen-bond donors (Lipinski definition) is 1. The van der Waals surface area contributed by atoms with Crippen molar-refractivity contribution >= 4 is 39.6 Å². The van der Waals surface area contributed by atoms with Crippen molar-refractivity contribution in [2.24, 2.45) is 0 Å². The fourth-order valence-electron chi connectivity index (χ4n) is 4.67. The van der Waals surface area contributed by atoms with Gasteiger partial charge < -0.3 is 14.6 Å². The number of carbonyl (C=O) groups is 1. The van der Waals surface area contributed by atoms with Crippen LogP contribution in [0.2, 0.25) is 5.15 Å². The maximum atomic E-state index is 12.9. The van der Waals surface area contributed by atoms with Gasteiger partial charge in [-0.1, -0.05) is 54.1 Å². The van der Waals surface area contributed by atoms with Crippen LogP contribution in [-0.4, -0.2) is 62.2 Å². The van der Waals surface area contributed by atoms with Gasteiger partial charge in [0.1, 0.15) is 11.1 Å². The van der Waals surface area contributed by atoms with E-state index in [1.807, 2.05) is 57.2 Å². The smallest absolute Gasteiger partial charge is 0.410 e. The fourth-order valence-corrected chi connectivity index (χ4v) is 4.89. The summed E-state index contributed by atoms with van der Waals surface area (Å²) in [4.78, 5) is 36.6. The number of nitrogens with zero attached hydrogens (tertiary/aromatic N) is 4. The molecule has 0 spiro atoms. The summed E-state index contributed by atoms with van der Waals surface area (Å²) in [7, 11) is 0. The Kier molecular flexibility index (Phi) is 6.49. The molecular formula is C27H30ClN5O3. The number of benzene rings is 2. The van der Waals surface area contributed by atoms with E-state index in [0.717, 1.165) is 47.2 Å². The number of nitrogens with one attached hydrogen (secondary N) is 1. The molecule has 0 radical (unpaired) electrons. The van der Waals surface area contributed by atoms with Crippen molar-refractivity contribution in [2.45, 2.75) is 39.5 Å². The van der Waals surface area contributed by atoms with Gasteiger partial charge in [0.05, 0.1) is 17.6 Å². The minimum atomic E-state index is -0.491. The van der Waals surface area contributed by atoms with E-state index in [9.17, 15) is 9.59 Å². The van der Waals surface area contributed by atoms with Crippen LogP contribution in [0.5, 0.6) is 0 Å². The number of piperazine rings is 1. The van der Waals surface area contributed by atoms with Crippen LogP contribution in [0.25, 0.3) is 21.9 Å². The number of amides is 1. The maximum absolute atomic E-state index is 12.9. The SMILES string of the molecule is CC(C)(C)OC(=O)N1CCN(Cc2cccc(Cn3c(=O)[nH]c4c(Cl)nc5ccccc5c43)c2)CC1. The number of imidazole rings is 1. The Bertz CT molecular complexity index is 1480. The monoisotopic (exact) mass is 507 g/mol. The summed E-state index contributed by atoms with van der Waals surface area (Å²) in [5.41, 5.74) is 3.56. The number of rotatable bonds is 4. The zero-order valence-corrected chi connectivity index (χ0v) is 21.5. The van der Waals surface area contributed by atoms with E-state index in [0.29, 0.717) is 30.3 Å². The van der Waals surface area contributed by atoms with Gasteiger partial charge in [-0.2, -0.15) is 0 Å². The predicted molar refractivity (Wildman–Crippen MR) is 141 cm³/mol. The minimum Gasteiger partial charge on any atom is -0.444 e. The first-order chi connectivity index (χ1) is 17.2. The highest BCUT2D eigenvalue weighted by molar-refractivity contribution is 6.35. The lowest BCUT2D eigenvalue weighted by Crippen LogP contribution is -2.49. The van der Waals surface area contributed by atoms with Gasteiger partial charge in [-0.15, -0.1) is 0 Å². The number of hydrogen-bond acceptors (Lipinski definition) is 5. The van der Waals surface area contributed by atoms with Crippen molar-refractivity contribution < 1.29 is 9.53 Å². The van der Waals surface area contributed by atoms with E-state index in [2.05, 4.69) is 27.0 Å². The third kappa shape index (κ3) is 5.10. The highest BCUT2D eigenvalue weighted by Crippen LogP contribution is 2.27. The molecule has 1 aliphatic heterocycles. The fraction of sp³-hybridized carbons (Fsp3) is 0.370. The first-order valence-electron chi connectivity index (χ1n) is 12.1. The molecule has 36 heavy (non-hydrogen) atoms. The number of aromatic amines is 1. The van der Waals surface area contributed by atoms with Crippen LogP contribution in [0.1, 0.15) is 31.9 Å². The number of aromatic nitrogens is 3. The first-order valence-corrected chi connectivity index (χ1v) is 12.5. The van der Waals surface area contributed by atoms with Gasteiger partial charge in [0.25, 0.3) is 0 Å². The summed E-state index contributed by atoms with van der Waals surface area (Å²) in [5, 5.41) is 1.17. The third-order valence-electron chi connectivity index (χ3n) is 6.33. The Labute approximate surface area is 214 Å². The third-order valence-corrected chi connectivity index (χ3v) is 6.60. The molecule has 1 saturated heterocycles. The van der Waals surface area contributed by atoms with Crippen molar-refractivity contribution in [3.8, 4) is 0 Å². The van der Waals surface area contributed by atoms with Gasteiger partial charge in [0, 0.05) is 38.1 Å². The number of pyridine rings is 1. The number of carbonyl (C=O) groups excluding carboxylic acids is 1. The van der Waals surface area contributed by atoms with Crippen LogP contribution in [0, 0.1) is 0 Å². The molecule has 2 aromatic carbocycles. The lowest BCUT2D eigenvalue weighted by molar-refractivity contribution is 0.0139. The summed E-state index contributed by atoms with van der Waals surface area (Å²) in [5.74, 6) is 0. The van der Waals surface area contributed by atoms with Gasteiger partial charge in [0.2, 0.25) is 0 Å². The van der Waals surface area contributed by atoms with E-state index in [4.69, 9.17) is 16.3 Å². The Morgan fingerprint density at radius 1 is 1.03 bits per heavy atom. The standard InChI is InChI=1S/C27H30ClN5O3/c1-27(2,3)36-26(35)32-13-11-31(12-14-32)16-18-7-6-8-19(15-18)17-33-23-20-9-4-5-10-21(20)29-24(28)22(23)30-25(33)34/h4-10,15H,11-14,16-17H2,1-3H3,(H,30,34). The normalized spacial score (nSPS) is 15.1. The maximum Gasteiger partial charge on any atom is 0.410 e. The second-order valence-corrected chi connectivity index (χ2v) is 10.6. The topological polar surface area (TPSA) is 83.5 Å². The zero-order chi connectivity index (χ0) is 25.4. The average molecular weight is 508 g/mol. The molecule has 0 bridgehead atoms. The number of halogens is 1. The molecule has 3 heterocycles. The average Bonchev–Trinajstić information content (AvgIpc) is 3.15. The highest BCUT2D eigenvalue weighted by Gasteiger charge is 2.26. The number of H-pyrrole nitrogens is 1. The van der Waals surface area contributed by atoms with Gasteiger partial charge in [0.15, 0.2) is 5.15 Å². The molecule has 0 aliphatic carbocycles. The van der Waals surface area contributed by atoms with E-state index >= 15 is 0 Å². The zero-order valence-electron chi connectivity index (χ0n) is 20.8. The van der Waals surface area contributed by atoms with Gasteiger partial charge in [-0.25, -0.2) is 14.6 Å². The largest absolute Gasteiger partial charge is 0.444 e. The second kappa shape index (κ2) is 9.59. The Morgan fingerprint density at radius 2 is 1.72 bits per heavy atom. The molecule has 0 saturated carbocycles. The molecule has 2 aromatic heterocycles. The number of ether oxygens (including phenoxy) is 1. The van der Waals surface area contributed by atoms with Gasteiger partial charge >= 0.3 is 11.8 Å². The second-order valence-electron chi connectivity index (χ2n) is 10.2. The molecule has 1 aliphatic rings. The molecule has 4 aromatic rings. The number of fused-ring (bicyclic) bond motifs is 3. The van der Waals surface area contributed by atoms with Crippen molar-refractivity contribution in [2.75, 3.05) is 26.2 Å². The molecule has 0 unspecified atom stereocenters. The quantitative estimate of drug-likeness (QED) is 0.407. The molecule has 1 N–H and O–H groups in total. The summed E-state index contributed by atoms with van der Waals surface area (Å²) in [6.45, 7) is 9.68. The molecule has 8 nitrogen and oxygen atoms in total. The van der Waals surface area contributed by atoms with Crippen LogP contribution in [0.15, 0.2) is 53.3 Å². The predicted octanol–water partition coefficient (Wildman–Crippen LogP) is 4.63. The molecule has 0 atom stereocenters. The van der Waals surface area contributed by atoms with Gasteiger partial charge in [-0.3, -0.25) is 9.47 Å². The van der Waals surface area contributed by atoms with Crippen molar-refractivity contribution in [3.05, 3.63) is 75.3 Å². The summed E-state index contributed by atoms with van der Waals surface area (Å²) in [6.07, 6.45) is -0.254. The molecule has 1 fully saturated rings. The van der Waals surface area contributed by atoms with Crippen LogP contribution < -0.4 is 5.69 Å². The minimum absolute atomic E-state index is 0.214. The molecular weight excluding hydrogens is 478 g/mol. The van der Waals surface area contributed by atoms with E-state index in [1.165, 1.54) is 0 Å². The van der Waals surface area contributed by atoms with Gasteiger partial charge in [-0.05, 0) is 38.0 Å². The lowest BCUT2D eigenvalue weighted by atomic mass is 10.1. The lowest BCUT2D eigenvalue weighted by Gasteiger charge is -2.35. The van der Waals surface area contributed by atoms with Crippen LogP contribution in [0.4, 0.5) is 4.79 Å². The van der Waals surface area contributed by atoms with Crippen molar-refractivity contribution in [1.82, 2.24) is 24.3 Å². The molecule has 5 rings (SSSR count). The van der Waals surface area contributed by atoms with Crippen molar-refractivity contribution in [1.29, 1.82) is 0 Å². The summed E-state index contributed by atoms with van der Waals surface area (Å²) in [6, 6.07) is 16.0. The molecule has 188 valence electrons. The van der Waals surface area contributed by atoms with Crippen LogP contribution >= 0.6 is 11.6 Å². The van der Waals surface area contributed by atoms with Crippen LogP contribution in [0.3, 0.4) is 0 Å². The summed E-state index contributed by atoms with van der Waals surface area (Å²) < 4.78 is 7.22. The van der Waals surface area contributed by atoms with Crippen LogP contribution in [-0.2, 0) is 17.8 Å². The molecule has 1 amide bonds. The Morgan fingerprint density at radius 3 is 2.44 bits per heavy atom. The Hall–Kier alpha value is -3.36. The van der Waals surface area contributed by atoms with Crippen molar-refractivity contribution in [3.63, 3.8) is 0 Å². The first kappa shape index (κ1) is 24.3. The Balaban J connectivity index is 1.32. The van der Waals surface area contributed by atoms with E-state index in [1.54, 1.807) is 9.47 Å². The molecule has 9 heteroatoms. The highest BCUT2D eigenvalue weighted by atomic mass is 35.5. The summed E-state index contributed by atoms with van der Waals surface area (Å²) >= 11 is 6.39. The van der Waals surface area contributed by atoms with E-state index in [-0.39, 0.29) is 11.8 Å². The number of para-hydroxylation sites is 1.